The molecule has 0 aliphatic rings. The van der Waals surface area contributed by atoms with E-state index in [2.05, 4.69) is 58.8 Å². The summed E-state index contributed by atoms with van der Waals surface area (Å²) in [6, 6.07) is 4.07. The molecule has 0 atom stereocenters. The van der Waals surface area contributed by atoms with Crippen LogP contribution in [0.5, 0.6) is 0 Å². The Morgan fingerprint density at radius 2 is 1.58 bits per heavy atom. The lowest BCUT2D eigenvalue weighted by Gasteiger charge is -2.15. The van der Waals surface area contributed by atoms with Crippen molar-refractivity contribution in [2.75, 3.05) is 19.0 Å². The van der Waals surface area contributed by atoms with Gasteiger partial charge in [0.05, 0.1) is 10.2 Å². The van der Waals surface area contributed by atoms with Crippen LogP contribution >= 0.6 is 47.8 Å². The second kappa shape index (κ2) is 4.11. The van der Waals surface area contributed by atoms with Crippen LogP contribution in [0.2, 0.25) is 0 Å². The molecule has 4 heteroatoms. The van der Waals surface area contributed by atoms with Gasteiger partial charge in [0.25, 0.3) is 0 Å². The maximum Gasteiger partial charge on any atom is 0.0562 e. The van der Waals surface area contributed by atoms with E-state index >= 15 is 0 Å². The molecule has 0 amide bonds. The predicted octanol–water partition coefficient (Wildman–Crippen LogP) is 4.04. The summed E-state index contributed by atoms with van der Waals surface area (Å²) in [4.78, 5) is 2.06. The molecule has 1 aromatic carbocycles. The third-order valence-corrected chi connectivity index (χ3v) is 4.85. The zero-order valence-corrected chi connectivity index (χ0v) is 11.5. The molecule has 0 aromatic heterocycles. The summed E-state index contributed by atoms with van der Waals surface area (Å²) in [6.45, 7) is 0. The minimum Gasteiger partial charge on any atom is -0.377 e. The summed E-state index contributed by atoms with van der Waals surface area (Å²) in [5, 5.41) is 0. The van der Waals surface area contributed by atoms with Gasteiger partial charge in [-0.05, 0) is 59.9 Å². The molecule has 66 valence electrons. The summed E-state index contributed by atoms with van der Waals surface area (Å²) in [5.74, 6) is 0. The van der Waals surface area contributed by atoms with Gasteiger partial charge in [-0.2, -0.15) is 0 Å². The van der Waals surface area contributed by atoms with Crippen molar-refractivity contribution in [1.82, 2.24) is 0 Å². The monoisotopic (exact) mass is 355 g/mol. The predicted molar refractivity (Wildman–Crippen MR) is 63.9 cm³/mol. The minimum atomic E-state index is 1.05. The minimum absolute atomic E-state index is 1.05. The normalized spacial score (nSPS) is 10.1. The molecular weight excluding hydrogens is 350 g/mol. The molecule has 0 saturated heterocycles. The topological polar surface area (TPSA) is 3.24 Å². The maximum atomic E-state index is 3.51. The summed E-state index contributed by atoms with van der Waals surface area (Å²) in [6.07, 6.45) is 0. The Bertz CT molecular complexity index is 297. The lowest BCUT2D eigenvalue weighted by Crippen LogP contribution is -2.09. The first-order valence-electron chi connectivity index (χ1n) is 3.35. The molecule has 0 unspecified atom stereocenters. The molecule has 1 aromatic rings. The van der Waals surface area contributed by atoms with E-state index in [0.717, 1.165) is 19.1 Å². The van der Waals surface area contributed by atoms with Gasteiger partial charge in [0.1, 0.15) is 0 Å². The van der Waals surface area contributed by atoms with Crippen molar-refractivity contribution < 1.29 is 0 Å². The third kappa shape index (κ3) is 2.03. The van der Waals surface area contributed by atoms with Gasteiger partial charge >= 0.3 is 0 Å². The van der Waals surface area contributed by atoms with Crippen LogP contribution in [0.25, 0.3) is 0 Å². The molecule has 1 rings (SSSR count). The van der Waals surface area contributed by atoms with Gasteiger partial charge in [-0.1, -0.05) is 0 Å². The van der Waals surface area contributed by atoms with Gasteiger partial charge in [-0.15, -0.1) is 0 Å². The van der Waals surface area contributed by atoms with E-state index in [9.17, 15) is 0 Å². The summed E-state index contributed by atoms with van der Waals surface area (Å²) < 4.78 is 3.18. The van der Waals surface area contributed by atoms with Crippen molar-refractivity contribution in [3.8, 4) is 0 Å². The molecule has 0 N–H and O–H groups in total. The Morgan fingerprint density at radius 3 is 2.08 bits per heavy atom. The lowest BCUT2D eigenvalue weighted by molar-refractivity contribution is 1.12. The van der Waals surface area contributed by atoms with Crippen molar-refractivity contribution in [3.63, 3.8) is 0 Å². The van der Waals surface area contributed by atoms with Crippen molar-refractivity contribution >= 4 is 53.5 Å². The van der Waals surface area contributed by atoms with Crippen molar-refractivity contribution in [2.24, 2.45) is 0 Å². The number of benzene rings is 1. The molecule has 0 radical (unpaired) electrons. The van der Waals surface area contributed by atoms with Crippen LogP contribution in [0, 0.1) is 0 Å². The first-order valence-corrected chi connectivity index (χ1v) is 5.72. The molecule has 1 nitrogen and oxygen atoms in total. The smallest absolute Gasteiger partial charge is 0.0562 e. The highest BCUT2D eigenvalue weighted by molar-refractivity contribution is 9.14. The third-order valence-electron chi connectivity index (χ3n) is 1.50. The highest BCUT2D eigenvalue weighted by atomic mass is 79.9. The van der Waals surface area contributed by atoms with E-state index in [0.29, 0.717) is 0 Å². The van der Waals surface area contributed by atoms with Gasteiger partial charge in [0, 0.05) is 23.0 Å². The fourth-order valence-corrected chi connectivity index (χ4v) is 2.49. The zero-order valence-electron chi connectivity index (χ0n) is 6.74. The largest absolute Gasteiger partial charge is 0.377 e. The summed E-state index contributed by atoms with van der Waals surface area (Å²) >= 11 is 10.4. The second-order valence-corrected chi connectivity index (χ2v) is 5.03. The Morgan fingerprint density at radius 1 is 1.00 bits per heavy atom. The number of hydrogen-bond acceptors (Lipinski definition) is 1. The Hall–Kier alpha value is 0.460. The number of hydrogen-bond donors (Lipinski definition) is 0. The molecule has 0 aliphatic heterocycles. The molecular formula is C8H8Br3N. The van der Waals surface area contributed by atoms with Gasteiger partial charge in [-0.3, -0.25) is 0 Å². The maximum absolute atomic E-state index is 3.51. The molecule has 0 bridgehead atoms. The molecule has 0 heterocycles. The van der Waals surface area contributed by atoms with Crippen LogP contribution in [-0.4, -0.2) is 14.1 Å². The summed E-state index contributed by atoms with van der Waals surface area (Å²) in [7, 11) is 4.03. The van der Waals surface area contributed by atoms with E-state index in [1.165, 1.54) is 0 Å². The van der Waals surface area contributed by atoms with Gasteiger partial charge < -0.3 is 4.90 Å². The molecule has 0 aliphatic carbocycles. The molecule has 12 heavy (non-hydrogen) atoms. The molecule has 0 spiro atoms. The quantitative estimate of drug-likeness (QED) is 0.686. The van der Waals surface area contributed by atoms with Crippen LogP contribution in [-0.2, 0) is 0 Å². The Labute approximate surface area is 97.5 Å². The van der Waals surface area contributed by atoms with Crippen LogP contribution < -0.4 is 4.90 Å². The van der Waals surface area contributed by atoms with Crippen molar-refractivity contribution in [3.05, 3.63) is 25.6 Å². The van der Waals surface area contributed by atoms with E-state index in [1.807, 2.05) is 20.2 Å². The van der Waals surface area contributed by atoms with Crippen LogP contribution in [0.3, 0.4) is 0 Å². The number of rotatable bonds is 1. The average molecular weight is 358 g/mol. The Balaban J connectivity index is 3.27. The highest BCUT2D eigenvalue weighted by Gasteiger charge is 2.07. The first-order chi connectivity index (χ1) is 5.54. The van der Waals surface area contributed by atoms with Crippen LogP contribution in [0.1, 0.15) is 0 Å². The van der Waals surface area contributed by atoms with E-state index in [1.54, 1.807) is 0 Å². The average Bonchev–Trinajstić information content (AvgIpc) is 2.00. The second-order valence-electron chi connectivity index (χ2n) is 2.59. The lowest BCUT2D eigenvalue weighted by atomic mass is 10.3. The SMILES string of the molecule is CN(C)c1ccc(Br)c(Br)c1Br. The fourth-order valence-electron chi connectivity index (χ4n) is 0.861. The van der Waals surface area contributed by atoms with Gasteiger partial charge in [0.2, 0.25) is 0 Å². The van der Waals surface area contributed by atoms with Crippen LogP contribution in [0.15, 0.2) is 25.6 Å². The molecule has 0 saturated carbocycles. The van der Waals surface area contributed by atoms with E-state index < -0.39 is 0 Å². The van der Waals surface area contributed by atoms with E-state index in [-0.39, 0.29) is 0 Å². The zero-order chi connectivity index (χ0) is 9.30. The van der Waals surface area contributed by atoms with Crippen molar-refractivity contribution in [2.45, 2.75) is 0 Å². The number of anilines is 1. The number of halogens is 3. The number of nitrogens with zero attached hydrogens (tertiary/aromatic N) is 1. The van der Waals surface area contributed by atoms with Crippen LogP contribution in [0.4, 0.5) is 5.69 Å². The standard InChI is InChI=1S/C8H8Br3N/c1-12(2)6-4-3-5(9)7(10)8(6)11/h3-4H,1-2H3. The van der Waals surface area contributed by atoms with Gasteiger partial charge in [-0.25, -0.2) is 0 Å². The van der Waals surface area contributed by atoms with Gasteiger partial charge in [0.15, 0.2) is 0 Å². The first kappa shape index (κ1) is 10.5. The fraction of sp³-hybridized carbons (Fsp3) is 0.250. The highest BCUT2D eigenvalue weighted by Crippen LogP contribution is 2.37. The van der Waals surface area contributed by atoms with Crippen molar-refractivity contribution in [1.29, 1.82) is 0 Å². The van der Waals surface area contributed by atoms with E-state index in [4.69, 9.17) is 0 Å². The molecule has 0 fully saturated rings. The Kier molecular flexibility index (Phi) is 3.61. The summed E-state index contributed by atoms with van der Waals surface area (Å²) in [5.41, 5.74) is 1.16.